The molecule has 0 saturated heterocycles. The first-order valence-electron chi connectivity index (χ1n) is 4.36. The van der Waals surface area contributed by atoms with E-state index in [9.17, 15) is 13.2 Å². The highest BCUT2D eigenvalue weighted by molar-refractivity contribution is 5.81. The highest BCUT2D eigenvalue weighted by atomic mass is 19.4. The van der Waals surface area contributed by atoms with Crippen molar-refractivity contribution < 1.29 is 17.9 Å². The number of benzene rings is 1. The summed E-state index contributed by atoms with van der Waals surface area (Å²) in [6.45, 7) is 0. The molecule has 2 rings (SSSR count). The van der Waals surface area contributed by atoms with E-state index < -0.39 is 6.36 Å². The Hall–Kier alpha value is -1.98. The first-order chi connectivity index (χ1) is 7.44. The van der Waals surface area contributed by atoms with Crippen LogP contribution in [0.4, 0.5) is 19.0 Å². The van der Waals surface area contributed by atoms with E-state index in [1.807, 2.05) is 0 Å². The lowest BCUT2D eigenvalue weighted by atomic mass is 10.2. The topological polar surface area (TPSA) is 48.1 Å². The lowest BCUT2D eigenvalue weighted by molar-refractivity contribution is -0.274. The van der Waals surface area contributed by atoms with Crippen LogP contribution in [0.25, 0.3) is 10.9 Å². The number of anilines is 1. The first kappa shape index (κ1) is 10.5. The van der Waals surface area contributed by atoms with Crippen molar-refractivity contribution in [1.82, 2.24) is 4.98 Å². The summed E-state index contributed by atoms with van der Waals surface area (Å²) in [7, 11) is 0. The van der Waals surface area contributed by atoms with Crippen molar-refractivity contribution in [2.45, 2.75) is 6.36 Å². The van der Waals surface area contributed by atoms with Crippen LogP contribution >= 0.6 is 0 Å². The van der Waals surface area contributed by atoms with Crippen LogP contribution in [0.2, 0.25) is 0 Å². The summed E-state index contributed by atoms with van der Waals surface area (Å²) in [5.74, 6) is 0.0450. The molecule has 1 aromatic heterocycles. The third-order valence-corrected chi connectivity index (χ3v) is 1.92. The third-order valence-electron chi connectivity index (χ3n) is 1.92. The van der Waals surface area contributed by atoms with Gasteiger partial charge in [0.25, 0.3) is 0 Å². The van der Waals surface area contributed by atoms with Crippen LogP contribution in [0.3, 0.4) is 0 Å². The molecule has 0 saturated carbocycles. The molecule has 0 unspecified atom stereocenters. The monoisotopic (exact) mass is 228 g/mol. The van der Waals surface area contributed by atoms with Crippen molar-refractivity contribution in [2.24, 2.45) is 0 Å². The van der Waals surface area contributed by atoms with Crippen LogP contribution in [0, 0.1) is 0 Å². The Morgan fingerprint density at radius 2 is 1.88 bits per heavy atom. The Bertz CT molecular complexity index is 525. The molecule has 84 valence electrons. The van der Waals surface area contributed by atoms with Crippen molar-refractivity contribution in [3.05, 3.63) is 30.3 Å². The molecule has 2 N–H and O–H groups in total. The molecule has 6 heteroatoms. The number of halogens is 3. The number of hydrogen-bond acceptors (Lipinski definition) is 3. The minimum absolute atomic E-state index is 0.272. The maximum Gasteiger partial charge on any atom is 0.573 e. The molecule has 0 spiro atoms. The summed E-state index contributed by atoms with van der Waals surface area (Å²) >= 11 is 0. The average Bonchev–Trinajstić information content (AvgIpc) is 2.16. The molecule has 2 aromatic rings. The number of fused-ring (bicyclic) bond motifs is 1. The Morgan fingerprint density at radius 1 is 1.12 bits per heavy atom. The third kappa shape index (κ3) is 2.33. The van der Waals surface area contributed by atoms with Gasteiger partial charge in [0.2, 0.25) is 0 Å². The van der Waals surface area contributed by atoms with Gasteiger partial charge in [0.1, 0.15) is 11.6 Å². The van der Waals surface area contributed by atoms with E-state index in [0.717, 1.165) is 0 Å². The lowest BCUT2D eigenvalue weighted by Gasteiger charge is -2.09. The van der Waals surface area contributed by atoms with Gasteiger partial charge in [0.15, 0.2) is 0 Å². The lowest BCUT2D eigenvalue weighted by Crippen LogP contribution is -2.17. The summed E-state index contributed by atoms with van der Waals surface area (Å²) in [6.07, 6.45) is -4.69. The Balaban J connectivity index is 2.41. The van der Waals surface area contributed by atoms with Crippen molar-refractivity contribution in [3.8, 4) is 5.75 Å². The van der Waals surface area contributed by atoms with Gasteiger partial charge in [-0.05, 0) is 30.3 Å². The number of ether oxygens (including phenoxy) is 1. The van der Waals surface area contributed by atoms with Crippen molar-refractivity contribution in [1.29, 1.82) is 0 Å². The highest BCUT2D eigenvalue weighted by Crippen LogP contribution is 2.26. The van der Waals surface area contributed by atoms with Gasteiger partial charge in [-0.3, -0.25) is 0 Å². The number of rotatable bonds is 1. The van der Waals surface area contributed by atoms with E-state index in [4.69, 9.17) is 5.73 Å². The van der Waals surface area contributed by atoms with Gasteiger partial charge >= 0.3 is 6.36 Å². The van der Waals surface area contributed by atoms with Gasteiger partial charge in [0, 0.05) is 5.39 Å². The van der Waals surface area contributed by atoms with Crippen molar-refractivity contribution in [2.75, 3.05) is 5.73 Å². The number of nitrogens with two attached hydrogens (primary N) is 1. The van der Waals surface area contributed by atoms with Gasteiger partial charge in [-0.25, -0.2) is 4.98 Å². The second-order valence-corrected chi connectivity index (χ2v) is 3.14. The molecule has 0 fully saturated rings. The van der Waals surface area contributed by atoms with E-state index >= 15 is 0 Å². The predicted octanol–water partition coefficient (Wildman–Crippen LogP) is 2.72. The van der Waals surface area contributed by atoms with Gasteiger partial charge in [-0.2, -0.15) is 0 Å². The molecule has 0 aliphatic carbocycles. The minimum Gasteiger partial charge on any atom is -0.406 e. The molecule has 0 aliphatic rings. The van der Waals surface area contributed by atoms with E-state index in [1.165, 1.54) is 24.3 Å². The zero-order valence-electron chi connectivity index (χ0n) is 7.95. The fourth-order valence-corrected chi connectivity index (χ4v) is 1.32. The fraction of sp³-hybridized carbons (Fsp3) is 0.100. The molecule has 1 aromatic carbocycles. The zero-order chi connectivity index (χ0) is 11.8. The number of hydrogen-bond donors (Lipinski definition) is 1. The van der Waals surface area contributed by atoms with Gasteiger partial charge in [-0.15, -0.1) is 13.2 Å². The molecule has 0 aliphatic heterocycles. The number of nitrogens with zero attached hydrogens (tertiary/aromatic N) is 1. The predicted molar refractivity (Wildman–Crippen MR) is 52.8 cm³/mol. The van der Waals surface area contributed by atoms with Gasteiger partial charge < -0.3 is 10.5 Å². The minimum atomic E-state index is -4.69. The van der Waals surface area contributed by atoms with Crippen molar-refractivity contribution >= 4 is 16.7 Å². The Labute approximate surface area is 88.6 Å². The van der Waals surface area contributed by atoms with E-state index in [1.54, 1.807) is 6.07 Å². The van der Waals surface area contributed by atoms with Crippen LogP contribution in [0.15, 0.2) is 30.3 Å². The summed E-state index contributed by atoms with van der Waals surface area (Å²) < 4.78 is 39.6. The Morgan fingerprint density at radius 3 is 2.56 bits per heavy atom. The quantitative estimate of drug-likeness (QED) is 0.816. The first-order valence-corrected chi connectivity index (χ1v) is 4.36. The summed E-state index contributed by atoms with van der Waals surface area (Å²) in [5.41, 5.74) is 5.96. The molecule has 0 amide bonds. The highest BCUT2D eigenvalue weighted by Gasteiger charge is 2.31. The normalized spacial score (nSPS) is 11.7. The molecule has 0 radical (unpaired) electrons. The van der Waals surface area contributed by atoms with Crippen LogP contribution in [0.1, 0.15) is 0 Å². The van der Waals surface area contributed by atoms with E-state index in [-0.39, 0.29) is 5.75 Å². The maximum atomic E-state index is 11.9. The van der Waals surface area contributed by atoms with Gasteiger partial charge in [-0.1, -0.05) is 0 Å². The standard InChI is InChI=1S/C10H7F3N2O/c11-10(12,13)16-7-2-3-8-6(5-7)1-4-9(14)15-8/h1-5H,(H2,14,15). The number of nitrogen functional groups attached to an aromatic ring is 1. The fourth-order valence-electron chi connectivity index (χ4n) is 1.32. The molecular formula is C10H7F3N2O. The largest absolute Gasteiger partial charge is 0.573 e. The molecular weight excluding hydrogens is 221 g/mol. The van der Waals surface area contributed by atoms with E-state index in [0.29, 0.717) is 16.7 Å². The molecule has 1 heterocycles. The Kier molecular flexibility index (Phi) is 2.34. The number of alkyl halides is 3. The SMILES string of the molecule is Nc1ccc2cc(OC(F)(F)F)ccc2n1. The molecule has 16 heavy (non-hydrogen) atoms. The number of aromatic nitrogens is 1. The average molecular weight is 228 g/mol. The van der Waals surface area contributed by atoms with Crippen LogP contribution in [-0.2, 0) is 0 Å². The second-order valence-electron chi connectivity index (χ2n) is 3.14. The summed E-state index contributed by atoms with van der Waals surface area (Å²) in [6, 6.07) is 6.98. The molecule has 3 nitrogen and oxygen atoms in total. The second kappa shape index (κ2) is 3.55. The van der Waals surface area contributed by atoms with Crippen molar-refractivity contribution in [3.63, 3.8) is 0 Å². The zero-order valence-corrected chi connectivity index (χ0v) is 7.95. The van der Waals surface area contributed by atoms with Crippen LogP contribution in [-0.4, -0.2) is 11.3 Å². The van der Waals surface area contributed by atoms with E-state index in [2.05, 4.69) is 9.72 Å². The van der Waals surface area contributed by atoms with Gasteiger partial charge in [0.05, 0.1) is 5.52 Å². The maximum absolute atomic E-state index is 11.9. The summed E-state index contributed by atoms with van der Waals surface area (Å²) in [5, 5.41) is 0.538. The molecule has 0 atom stereocenters. The summed E-state index contributed by atoms with van der Waals surface area (Å²) in [4.78, 5) is 3.95. The van der Waals surface area contributed by atoms with Crippen LogP contribution < -0.4 is 10.5 Å². The smallest absolute Gasteiger partial charge is 0.406 e. The number of pyridine rings is 1. The van der Waals surface area contributed by atoms with Crippen LogP contribution in [0.5, 0.6) is 5.75 Å². The molecule has 0 bridgehead atoms.